The van der Waals surface area contributed by atoms with Crippen molar-refractivity contribution < 1.29 is 9.53 Å². The lowest BCUT2D eigenvalue weighted by atomic mass is 10.1. The molecule has 0 aliphatic heterocycles. The standard InChI is InChI=1S/C14H27NO2/c1-7-10-12(9-3)15(11-8-2)13(16)17-14(4,5)6/h8,12H,2,7,9-11H2,1,3-6H3. The van der Waals surface area contributed by atoms with E-state index in [0.29, 0.717) is 6.54 Å². The molecule has 0 aliphatic rings. The quantitative estimate of drug-likeness (QED) is 0.658. The summed E-state index contributed by atoms with van der Waals surface area (Å²) in [4.78, 5) is 13.9. The molecule has 0 spiro atoms. The van der Waals surface area contributed by atoms with Crippen LogP contribution in [-0.2, 0) is 4.74 Å². The molecular weight excluding hydrogens is 214 g/mol. The fraction of sp³-hybridized carbons (Fsp3) is 0.786. The molecule has 0 bridgehead atoms. The Balaban J connectivity index is 4.69. The maximum Gasteiger partial charge on any atom is 0.410 e. The van der Waals surface area contributed by atoms with Crippen molar-refractivity contribution in [1.82, 2.24) is 4.90 Å². The van der Waals surface area contributed by atoms with Gasteiger partial charge in [-0.3, -0.25) is 0 Å². The van der Waals surface area contributed by atoms with Gasteiger partial charge in [0.05, 0.1) is 0 Å². The average Bonchev–Trinajstić information content (AvgIpc) is 2.20. The van der Waals surface area contributed by atoms with E-state index in [1.807, 2.05) is 20.8 Å². The molecule has 0 aromatic heterocycles. The molecule has 0 aromatic rings. The Labute approximate surface area is 106 Å². The summed E-state index contributed by atoms with van der Waals surface area (Å²) in [5, 5.41) is 0. The Morgan fingerprint density at radius 3 is 2.35 bits per heavy atom. The molecule has 3 heteroatoms. The third-order valence-corrected chi connectivity index (χ3v) is 2.49. The van der Waals surface area contributed by atoms with Crippen LogP contribution in [-0.4, -0.2) is 29.2 Å². The van der Waals surface area contributed by atoms with E-state index < -0.39 is 5.60 Å². The van der Waals surface area contributed by atoms with E-state index in [0.717, 1.165) is 19.3 Å². The van der Waals surface area contributed by atoms with Crippen molar-refractivity contribution in [3.8, 4) is 0 Å². The fourth-order valence-electron chi connectivity index (χ4n) is 1.75. The predicted molar refractivity (Wildman–Crippen MR) is 72.1 cm³/mol. The van der Waals surface area contributed by atoms with Gasteiger partial charge >= 0.3 is 6.09 Å². The molecular formula is C14H27NO2. The van der Waals surface area contributed by atoms with Gasteiger partial charge < -0.3 is 9.64 Å². The SMILES string of the molecule is C=CCN(C(=O)OC(C)(C)C)C(CC)CCC. The Hall–Kier alpha value is -0.990. The van der Waals surface area contributed by atoms with Crippen molar-refractivity contribution in [2.45, 2.75) is 65.5 Å². The Morgan fingerprint density at radius 2 is 2.00 bits per heavy atom. The average molecular weight is 241 g/mol. The first kappa shape index (κ1) is 16.0. The number of hydrogen-bond acceptors (Lipinski definition) is 2. The van der Waals surface area contributed by atoms with E-state index in [1.165, 1.54) is 0 Å². The van der Waals surface area contributed by atoms with E-state index in [2.05, 4.69) is 20.4 Å². The minimum atomic E-state index is -0.443. The minimum absolute atomic E-state index is 0.238. The van der Waals surface area contributed by atoms with Crippen LogP contribution in [0.15, 0.2) is 12.7 Å². The molecule has 0 saturated carbocycles. The summed E-state index contributed by atoms with van der Waals surface area (Å²) in [6, 6.07) is 0.243. The zero-order valence-corrected chi connectivity index (χ0v) is 12.0. The van der Waals surface area contributed by atoms with Crippen LogP contribution < -0.4 is 0 Å². The zero-order valence-electron chi connectivity index (χ0n) is 12.0. The monoisotopic (exact) mass is 241 g/mol. The second-order valence-corrected chi connectivity index (χ2v) is 5.27. The summed E-state index contributed by atoms with van der Waals surface area (Å²) in [5.41, 5.74) is -0.443. The Bertz CT molecular complexity index is 243. The number of hydrogen-bond donors (Lipinski definition) is 0. The van der Waals surface area contributed by atoms with Crippen LogP contribution in [0.1, 0.15) is 53.9 Å². The second-order valence-electron chi connectivity index (χ2n) is 5.27. The number of rotatable bonds is 6. The van der Waals surface area contributed by atoms with Gasteiger partial charge in [0.2, 0.25) is 0 Å². The normalized spacial score (nSPS) is 13.0. The van der Waals surface area contributed by atoms with Crippen LogP contribution in [0.5, 0.6) is 0 Å². The molecule has 0 radical (unpaired) electrons. The van der Waals surface area contributed by atoms with Crippen LogP contribution in [0.2, 0.25) is 0 Å². The highest BCUT2D eigenvalue weighted by Crippen LogP contribution is 2.16. The first-order valence-electron chi connectivity index (χ1n) is 6.46. The summed E-state index contributed by atoms with van der Waals surface area (Å²) in [6.07, 6.45) is 4.53. The molecule has 17 heavy (non-hydrogen) atoms. The van der Waals surface area contributed by atoms with E-state index in [1.54, 1.807) is 11.0 Å². The van der Waals surface area contributed by atoms with Gasteiger partial charge in [-0.15, -0.1) is 6.58 Å². The van der Waals surface area contributed by atoms with Crippen molar-refractivity contribution in [3.63, 3.8) is 0 Å². The van der Waals surface area contributed by atoms with Gasteiger partial charge in [0.1, 0.15) is 5.60 Å². The van der Waals surface area contributed by atoms with Gasteiger partial charge in [0.25, 0.3) is 0 Å². The van der Waals surface area contributed by atoms with Gasteiger partial charge in [-0.05, 0) is 33.6 Å². The first-order chi connectivity index (χ1) is 7.85. The predicted octanol–water partition coefficient (Wildman–Crippen LogP) is 3.99. The molecule has 0 heterocycles. The van der Waals surface area contributed by atoms with Crippen molar-refractivity contribution in [2.75, 3.05) is 6.54 Å². The number of amides is 1. The third-order valence-electron chi connectivity index (χ3n) is 2.49. The summed E-state index contributed by atoms with van der Waals surface area (Å²) in [6.45, 7) is 14.1. The number of carbonyl (C=O) groups excluding carboxylic acids is 1. The highest BCUT2D eigenvalue weighted by atomic mass is 16.6. The minimum Gasteiger partial charge on any atom is -0.444 e. The number of nitrogens with zero attached hydrogens (tertiary/aromatic N) is 1. The van der Waals surface area contributed by atoms with E-state index in [4.69, 9.17) is 4.74 Å². The van der Waals surface area contributed by atoms with Crippen LogP contribution >= 0.6 is 0 Å². The highest BCUT2D eigenvalue weighted by molar-refractivity contribution is 5.68. The van der Waals surface area contributed by atoms with Gasteiger partial charge in [-0.1, -0.05) is 26.3 Å². The van der Waals surface area contributed by atoms with E-state index >= 15 is 0 Å². The molecule has 3 nitrogen and oxygen atoms in total. The first-order valence-corrected chi connectivity index (χ1v) is 6.46. The largest absolute Gasteiger partial charge is 0.444 e. The molecule has 1 atom stereocenters. The van der Waals surface area contributed by atoms with E-state index in [9.17, 15) is 4.79 Å². The molecule has 0 saturated heterocycles. The van der Waals surface area contributed by atoms with E-state index in [-0.39, 0.29) is 12.1 Å². The summed E-state index contributed by atoms with van der Waals surface area (Å²) >= 11 is 0. The molecule has 1 amide bonds. The van der Waals surface area contributed by atoms with Crippen LogP contribution in [0.3, 0.4) is 0 Å². The van der Waals surface area contributed by atoms with Gasteiger partial charge in [0, 0.05) is 12.6 Å². The molecule has 0 N–H and O–H groups in total. The zero-order chi connectivity index (χ0) is 13.5. The fourth-order valence-corrected chi connectivity index (χ4v) is 1.75. The van der Waals surface area contributed by atoms with Crippen LogP contribution in [0.25, 0.3) is 0 Å². The Morgan fingerprint density at radius 1 is 1.41 bits per heavy atom. The molecule has 1 unspecified atom stereocenters. The maximum atomic E-state index is 12.1. The smallest absolute Gasteiger partial charge is 0.410 e. The lowest BCUT2D eigenvalue weighted by Gasteiger charge is -2.32. The summed E-state index contributed by atoms with van der Waals surface area (Å²) in [7, 11) is 0. The van der Waals surface area contributed by atoms with Crippen LogP contribution in [0.4, 0.5) is 4.79 Å². The van der Waals surface area contributed by atoms with Crippen molar-refractivity contribution in [3.05, 3.63) is 12.7 Å². The summed E-state index contributed by atoms with van der Waals surface area (Å²) < 4.78 is 5.42. The lowest BCUT2D eigenvalue weighted by molar-refractivity contribution is 0.0175. The van der Waals surface area contributed by atoms with Crippen LogP contribution in [0, 0.1) is 0 Å². The highest BCUT2D eigenvalue weighted by Gasteiger charge is 2.25. The molecule has 0 fully saturated rings. The summed E-state index contributed by atoms with van der Waals surface area (Å²) in [5.74, 6) is 0. The number of ether oxygens (including phenoxy) is 1. The van der Waals surface area contributed by atoms with Crippen molar-refractivity contribution in [1.29, 1.82) is 0 Å². The third kappa shape index (κ3) is 6.35. The van der Waals surface area contributed by atoms with Gasteiger partial charge in [-0.25, -0.2) is 4.79 Å². The molecule has 0 aromatic carbocycles. The maximum absolute atomic E-state index is 12.1. The number of carbonyl (C=O) groups is 1. The molecule has 0 aliphatic carbocycles. The van der Waals surface area contributed by atoms with Gasteiger partial charge in [0.15, 0.2) is 0 Å². The second kappa shape index (κ2) is 7.36. The lowest BCUT2D eigenvalue weighted by Crippen LogP contribution is -2.43. The van der Waals surface area contributed by atoms with Crippen molar-refractivity contribution >= 4 is 6.09 Å². The van der Waals surface area contributed by atoms with Gasteiger partial charge in [-0.2, -0.15) is 0 Å². The van der Waals surface area contributed by atoms with Crippen molar-refractivity contribution in [2.24, 2.45) is 0 Å². The Kier molecular flexibility index (Phi) is 6.93. The molecule has 100 valence electrons. The molecule has 0 rings (SSSR count). The topological polar surface area (TPSA) is 29.5 Å².